The molecule has 0 fully saturated rings. The zero-order chi connectivity index (χ0) is 13.5. The normalized spacial score (nSPS) is 9.95. The number of hydrogen-bond donors (Lipinski definition) is 3. The minimum Gasteiger partial charge on any atom is -0.396 e. The minimum atomic E-state index is 0.167. The number of aliphatic hydroxyl groups excluding tert-OH is 1. The summed E-state index contributed by atoms with van der Waals surface area (Å²) in [6.45, 7) is 0.167. The van der Waals surface area contributed by atoms with E-state index in [0.29, 0.717) is 11.5 Å². The Balaban J connectivity index is 1.91. The van der Waals surface area contributed by atoms with Gasteiger partial charge < -0.3 is 15.7 Å². The fourth-order valence-electron chi connectivity index (χ4n) is 1.70. The van der Waals surface area contributed by atoms with Gasteiger partial charge in [-0.3, -0.25) is 0 Å². The van der Waals surface area contributed by atoms with Crippen molar-refractivity contribution in [2.24, 2.45) is 0 Å². The van der Waals surface area contributed by atoms with Gasteiger partial charge in [0.25, 0.3) is 0 Å². The molecule has 3 nitrogen and oxygen atoms in total. The molecule has 2 aromatic carbocycles. The molecule has 0 aliphatic carbocycles. The molecule has 98 valence electrons. The summed E-state index contributed by atoms with van der Waals surface area (Å²) in [6.07, 6.45) is 0.674. The summed E-state index contributed by atoms with van der Waals surface area (Å²) < 4.78 is 0. The van der Waals surface area contributed by atoms with Gasteiger partial charge in [-0.25, -0.2) is 0 Å². The second-order valence-electron chi connectivity index (χ2n) is 4.12. The van der Waals surface area contributed by atoms with Gasteiger partial charge in [0.1, 0.15) is 0 Å². The van der Waals surface area contributed by atoms with Gasteiger partial charge in [-0.1, -0.05) is 30.3 Å². The summed E-state index contributed by atoms with van der Waals surface area (Å²) in [7, 11) is 0. The highest BCUT2D eigenvalue weighted by Gasteiger charge is 1.99. The van der Waals surface area contributed by atoms with Crippen LogP contribution in [0.5, 0.6) is 0 Å². The van der Waals surface area contributed by atoms with Crippen LogP contribution in [0.15, 0.2) is 54.6 Å². The molecule has 0 aliphatic heterocycles. The highest BCUT2D eigenvalue weighted by atomic mass is 32.1. The van der Waals surface area contributed by atoms with E-state index in [1.165, 1.54) is 0 Å². The fraction of sp³-hybridized carbons (Fsp3) is 0.133. The third-order valence-corrected chi connectivity index (χ3v) is 2.85. The summed E-state index contributed by atoms with van der Waals surface area (Å²) in [5, 5.41) is 15.6. The Kier molecular flexibility index (Phi) is 4.89. The second-order valence-corrected chi connectivity index (χ2v) is 4.52. The number of para-hydroxylation sites is 1. The summed E-state index contributed by atoms with van der Waals surface area (Å²) in [4.78, 5) is 0. The van der Waals surface area contributed by atoms with Crippen LogP contribution in [0.2, 0.25) is 0 Å². The summed E-state index contributed by atoms with van der Waals surface area (Å²) >= 11 is 5.24. The highest BCUT2D eigenvalue weighted by Crippen LogP contribution is 2.11. The third kappa shape index (κ3) is 4.35. The lowest BCUT2D eigenvalue weighted by Crippen LogP contribution is -2.18. The first kappa shape index (κ1) is 13.5. The van der Waals surface area contributed by atoms with Gasteiger partial charge >= 0.3 is 0 Å². The quantitative estimate of drug-likeness (QED) is 0.749. The van der Waals surface area contributed by atoms with Crippen LogP contribution in [-0.4, -0.2) is 16.8 Å². The van der Waals surface area contributed by atoms with E-state index in [4.69, 9.17) is 17.3 Å². The molecule has 0 saturated heterocycles. The van der Waals surface area contributed by atoms with Crippen LogP contribution in [0, 0.1) is 0 Å². The van der Waals surface area contributed by atoms with E-state index in [1.807, 2.05) is 54.6 Å². The lowest BCUT2D eigenvalue weighted by molar-refractivity contribution is 0.299. The first-order valence-corrected chi connectivity index (χ1v) is 6.51. The zero-order valence-corrected chi connectivity index (χ0v) is 11.3. The average Bonchev–Trinajstić information content (AvgIpc) is 2.42. The van der Waals surface area contributed by atoms with Gasteiger partial charge in [-0.05, 0) is 48.5 Å². The predicted octanol–water partition coefficient (Wildman–Crippen LogP) is 3.03. The number of anilines is 2. The van der Waals surface area contributed by atoms with Crippen LogP contribution in [-0.2, 0) is 6.42 Å². The fourth-order valence-corrected chi connectivity index (χ4v) is 1.93. The second kappa shape index (κ2) is 6.87. The minimum absolute atomic E-state index is 0.167. The summed E-state index contributed by atoms with van der Waals surface area (Å²) in [5.41, 5.74) is 2.99. The number of benzene rings is 2. The van der Waals surface area contributed by atoms with Gasteiger partial charge in [-0.2, -0.15) is 0 Å². The maximum atomic E-state index is 8.85. The number of hydrogen-bond acceptors (Lipinski definition) is 2. The molecule has 0 saturated carbocycles. The summed E-state index contributed by atoms with van der Waals surface area (Å²) in [5.74, 6) is 0. The van der Waals surface area contributed by atoms with E-state index in [-0.39, 0.29) is 6.61 Å². The molecule has 0 atom stereocenters. The zero-order valence-electron chi connectivity index (χ0n) is 10.5. The van der Waals surface area contributed by atoms with Gasteiger partial charge in [0.15, 0.2) is 5.11 Å². The van der Waals surface area contributed by atoms with E-state index >= 15 is 0 Å². The number of thiocarbonyl (C=S) groups is 1. The maximum Gasteiger partial charge on any atom is 0.175 e. The maximum absolute atomic E-state index is 8.85. The molecule has 0 heterocycles. The molecule has 2 aromatic rings. The molecular weight excluding hydrogens is 256 g/mol. The highest BCUT2D eigenvalue weighted by molar-refractivity contribution is 7.80. The van der Waals surface area contributed by atoms with E-state index in [0.717, 1.165) is 16.9 Å². The van der Waals surface area contributed by atoms with E-state index in [2.05, 4.69) is 10.6 Å². The molecule has 0 bridgehead atoms. The van der Waals surface area contributed by atoms with Crippen molar-refractivity contribution in [3.05, 3.63) is 60.2 Å². The molecule has 0 amide bonds. The smallest absolute Gasteiger partial charge is 0.175 e. The topological polar surface area (TPSA) is 44.3 Å². The van der Waals surface area contributed by atoms with Crippen molar-refractivity contribution >= 4 is 28.7 Å². The first-order chi connectivity index (χ1) is 9.28. The van der Waals surface area contributed by atoms with Crippen LogP contribution >= 0.6 is 12.2 Å². The first-order valence-electron chi connectivity index (χ1n) is 6.11. The largest absolute Gasteiger partial charge is 0.396 e. The Morgan fingerprint density at radius 3 is 2.05 bits per heavy atom. The average molecular weight is 272 g/mol. The Morgan fingerprint density at radius 2 is 1.47 bits per heavy atom. The van der Waals surface area contributed by atoms with E-state index in [1.54, 1.807) is 0 Å². The number of nitrogens with one attached hydrogen (secondary N) is 2. The Bertz CT molecular complexity index is 526. The van der Waals surface area contributed by atoms with Crippen molar-refractivity contribution in [2.45, 2.75) is 6.42 Å². The van der Waals surface area contributed by atoms with Gasteiger partial charge in [-0.15, -0.1) is 0 Å². The molecular formula is C15H16N2OS. The van der Waals surface area contributed by atoms with Crippen molar-refractivity contribution in [3.63, 3.8) is 0 Å². The lowest BCUT2D eigenvalue weighted by Gasteiger charge is -2.10. The molecule has 3 N–H and O–H groups in total. The van der Waals surface area contributed by atoms with Crippen LogP contribution in [0.25, 0.3) is 0 Å². The number of rotatable bonds is 4. The van der Waals surface area contributed by atoms with Crippen LogP contribution in [0.4, 0.5) is 11.4 Å². The Hall–Kier alpha value is -1.91. The Labute approximate surface area is 118 Å². The van der Waals surface area contributed by atoms with Crippen molar-refractivity contribution in [2.75, 3.05) is 17.2 Å². The van der Waals surface area contributed by atoms with Crippen LogP contribution in [0.3, 0.4) is 0 Å². The molecule has 0 aromatic heterocycles. The van der Waals surface area contributed by atoms with Crippen molar-refractivity contribution in [1.29, 1.82) is 0 Å². The molecule has 4 heteroatoms. The molecule has 19 heavy (non-hydrogen) atoms. The van der Waals surface area contributed by atoms with Crippen molar-refractivity contribution < 1.29 is 5.11 Å². The SMILES string of the molecule is OCCc1ccc(NC(=S)Nc2ccccc2)cc1. The van der Waals surface area contributed by atoms with Crippen LogP contribution < -0.4 is 10.6 Å². The molecule has 0 aliphatic rings. The standard InChI is InChI=1S/C15H16N2OS/c18-11-10-12-6-8-14(9-7-12)17-15(19)16-13-4-2-1-3-5-13/h1-9,18H,10-11H2,(H2,16,17,19). The lowest BCUT2D eigenvalue weighted by atomic mass is 10.1. The summed E-state index contributed by atoms with van der Waals surface area (Å²) in [6, 6.07) is 17.6. The molecule has 0 unspecified atom stereocenters. The molecule has 2 rings (SSSR count). The molecule has 0 radical (unpaired) electrons. The van der Waals surface area contributed by atoms with Gasteiger partial charge in [0.2, 0.25) is 0 Å². The van der Waals surface area contributed by atoms with Crippen molar-refractivity contribution in [1.82, 2.24) is 0 Å². The van der Waals surface area contributed by atoms with E-state index < -0.39 is 0 Å². The third-order valence-electron chi connectivity index (χ3n) is 2.64. The van der Waals surface area contributed by atoms with Gasteiger partial charge in [0.05, 0.1) is 0 Å². The monoisotopic (exact) mass is 272 g/mol. The predicted molar refractivity (Wildman–Crippen MR) is 83.5 cm³/mol. The van der Waals surface area contributed by atoms with Crippen molar-refractivity contribution in [3.8, 4) is 0 Å². The Morgan fingerprint density at radius 1 is 0.895 bits per heavy atom. The van der Waals surface area contributed by atoms with E-state index in [9.17, 15) is 0 Å². The van der Waals surface area contributed by atoms with Crippen LogP contribution in [0.1, 0.15) is 5.56 Å². The molecule has 0 spiro atoms. The van der Waals surface area contributed by atoms with Gasteiger partial charge in [0, 0.05) is 18.0 Å². The number of aliphatic hydroxyl groups is 1.